The molecule has 0 heterocycles. The summed E-state index contributed by atoms with van der Waals surface area (Å²) in [5.74, 6) is -2.11. The van der Waals surface area contributed by atoms with Crippen molar-refractivity contribution in [3.05, 3.63) is 65.2 Å². The first-order valence-electron chi connectivity index (χ1n) is 6.55. The molecule has 0 bridgehead atoms. The molecule has 0 aliphatic carbocycles. The molecular formula is C16H16F2N2O. The molecule has 0 aliphatic rings. The van der Waals surface area contributed by atoms with Crippen molar-refractivity contribution in [3.8, 4) is 0 Å². The number of carbonyl (C=O) groups is 1. The fourth-order valence-corrected chi connectivity index (χ4v) is 2.05. The van der Waals surface area contributed by atoms with Gasteiger partial charge in [-0.1, -0.05) is 30.3 Å². The summed E-state index contributed by atoms with van der Waals surface area (Å²) in [4.78, 5) is 12.1. The number of halogens is 2. The third-order valence-electron chi connectivity index (χ3n) is 3.20. The number of rotatable bonds is 4. The van der Waals surface area contributed by atoms with E-state index in [4.69, 9.17) is 0 Å². The maximum absolute atomic E-state index is 13.6. The van der Waals surface area contributed by atoms with Gasteiger partial charge in [0.2, 0.25) is 0 Å². The lowest BCUT2D eigenvalue weighted by molar-refractivity contribution is 0.0939. The van der Waals surface area contributed by atoms with Crippen LogP contribution in [0, 0.1) is 11.6 Å². The molecule has 110 valence electrons. The van der Waals surface area contributed by atoms with E-state index >= 15 is 0 Å². The Morgan fingerprint density at radius 2 is 1.67 bits per heavy atom. The predicted molar refractivity (Wildman–Crippen MR) is 78.2 cm³/mol. The summed E-state index contributed by atoms with van der Waals surface area (Å²) < 4.78 is 27.3. The highest BCUT2D eigenvalue weighted by atomic mass is 19.1. The highest BCUT2D eigenvalue weighted by Gasteiger charge is 2.16. The van der Waals surface area contributed by atoms with Crippen LogP contribution in [0.3, 0.4) is 0 Å². The van der Waals surface area contributed by atoms with Gasteiger partial charge in [-0.3, -0.25) is 4.79 Å². The molecule has 0 spiro atoms. The number of anilines is 1. The molecule has 0 radical (unpaired) electrons. The average Bonchev–Trinajstić information content (AvgIpc) is 2.47. The number of carbonyl (C=O) groups excluding carboxylic acids is 1. The first-order chi connectivity index (χ1) is 10.0. The summed E-state index contributed by atoms with van der Waals surface area (Å²) in [7, 11) is 1.42. The van der Waals surface area contributed by atoms with Crippen LogP contribution >= 0.6 is 0 Å². The Morgan fingerprint density at radius 1 is 1.10 bits per heavy atom. The zero-order valence-electron chi connectivity index (χ0n) is 11.8. The van der Waals surface area contributed by atoms with Gasteiger partial charge < -0.3 is 10.6 Å². The second kappa shape index (κ2) is 6.35. The minimum absolute atomic E-state index is 0.0493. The van der Waals surface area contributed by atoms with Crippen LogP contribution in [0.2, 0.25) is 0 Å². The lowest BCUT2D eigenvalue weighted by atomic mass is 10.1. The van der Waals surface area contributed by atoms with Gasteiger partial charge in [0.1, 0.15) is 17.3 Å². The van der Waals surface area contributed by atoms with Gasteiger partial charge in [-0.2, -0.15) is 0 Å². The Kier molecular flexibility index (Phi) is 4.52. The van der Waals surface area contributed by atoms with Crippen molar-refractivity contribution in [2.24, 2.45) is 0 Å². The fourth-order valence-electron chi connectivity index (χ4n) is 2.05. The molecular weight excluding hydrogens is 274 g/mol. The van der Waals surface area contributed by atoms with Gasteiger partial charge in [0.15, 0.2) is 0 Å². The molecule has 21 heavy (non-hydrogen) atoms. The normalized spacial score (nSPS) is 11.8. The lowest BCUT2D eigenvalue weighted by Gasteiger charge is -2.15. The second-order valence-corrected chi connectivity index (χ2v) is 4.67. The maximum atomic E-state index is 13.6. The quantitative estimate of drug-likeness (QED) is 0.905. The van der Waals surface area contributed by atoms with E-state index in [1.54, 1.807) is 0 Å². The van der Waals surface area contributed by atoms with Gasteiger partial charge in [-0.15, -0.1) is 0 Å². The molecule has 5 heteroatoms. The van der Waals surface area contributed by atoms with Gasteiger partial charge in [0.25, 0.3) is 5.91 Å². The summed E-state index contributed by atoms with van der Waals surface area (Å²) in [6.07, 6.45) is 0. The third-order valence-corrected chi connectivity index (χ3v) is 3.20. The topological polar surface area (TPSA) is 41.1 Å². The van der Waals surface area contributed by atoms with Crippen LogP contribution < -0.4 is 10.6 Å². The summed E-state index contributed by atoms with van der Waals surface area (Å²) in [6.45, 7) is 1.81. The zero-order valence-corrected chi connectivity index (χ0v) is 11.8. The van der Waals surface area contributed by atoms with Gasteiger partial charge >= 0.3 is 0 Å². The van der Waals surface area contributed by atoms with Gasteiger partial charge in [-0.05, 0) is 24.6 Å². The Hall–Kier alpha value is -2.43. The Balaban J connectivity index is 2.18. The monoisotopic (exact) mass is 290 g/mol. The molecule has 0 aliphatic heterocycles. The average molecular weight is 290 g/mol. The first kappa shape index (κ1) is 15.0. The molecule has 1 amide bonds. The highest BCUT2D eigenvalue weighted by molar-refractivity contribution is 5.94. The van der Waals surface area contributed by atoms with Crippen LogP contribution in [0.4, 0.5) is 14.5 Å². The zero-order chi connectivity index (χ0) is 15.4. The summed E-state index contributed by atoms with van der Waals surface area (Å²) in [6, 6.07) is 11.1. The van der Waals surface area contributed by atoms with Crippen molar-refractivity contribution >= 4 is 11.6 Å². The molecule has 2 N–H and O–H groups in total. The summed E-state index contributed by atoms with van der Waals surface area (Å²) in [5, 5.41) is 5.13. The van der Waals surface area contributed by atoms with Crippen molar-refractivity contribution in [3.63, 3.8) is 0 Å². The van der Waals surface area contributed by atoms with Crippen molar-refractivity contribution in [1.29, 1.82) is 0 Å². The van der Waals surface area contributed by atoms with Crippen molar-refractivity contribution < 1.29 is 13.6 Å². The Labute approximate surface area is 122 Å². The summed E-state index contributed by atoms with van der Waals surface area (Å²) in [5.41, 5.74) is 0.619. The maximum Gasteiger partial charge on any atom is 0.251 e. The van der Waals surface area contributed by atoms with Crippen molar-refractivity contribution in [2.45, 2.75) is 13.0 Å². The number of hydrogen-bond donors (Lipinski definition) is 2. The minimum Gasteiger partial charge on any atom is -0.383 e. The fraction of sp³-hybridized carbons (Fsp3) is 0.188. The van der Waals surface area contributed by atoms with Gasteiger partial charge in [0.05, 0.1) is 6.04 Å². The van der Waals surface area contributed by atoms with Crippen molar-refractivity contribution in [1.82, 2.24) is 5.32 Å². The van der Waals surface area contributed by atoms with Crippen LogP contribution in [0.5, 0.6) is 0 Å². The lowest BCUT2D eigenvalue weighted by Crippen LogP contribution is -2.27. The largest absolute Gasteiger partial charge is 0.383 e. The standard InChI is InChI=1S/C16H16F2N2O/c1-10(11-6-4-3-5-7-11)20-16(21)12-8-13(17)15(19-2)14(18)9-12/h3-10,19H,1-2H3,(H,20,21). The number of benzene rings is 2. The van der Waals surface area contributed by atoms with Crippen LogP contribution in [0.1, 0.15) is 28.9 Å². The number of amides is 1. The van der Waals surface area contributed by atoms with Crippen molar-refractivity contribution in [2.75, 3.05) is 12.4 Å². The second-order valence-electron chi connectivity index (χ2n) is 4.67. The Bertz CT molecular complexity index is 621. The molecule has 3 nitrogen and oxygen atoms in total. The van der Waals surface area contributed by atoms with Gasteiger partial charge in [0, 0.05) is 12.6 Å². The molecule has 1 unspecified atom stereocenters. The molecule has 2 rings (SSSR count). The van der Waals surface area contributed by atoms with E-state index in [0.29, 0.717) is 0 Å². The molecule has 0 aromatic heterocycles. The van der Waals surface area contributed by atoms with E-state index in [9.17, 15) is 13.6 Å². The summed E-state index contributed by atoms with van der Waals surface area (Å²) >= 11 is 0. The predicted octanol–water partition coefficient (Wildman–Crippen LogP) is 3.50. The van der Waals surface area contributed by atoms with Crippen LogP contribution in [-0.2, 0) is 0 Å². The van der Waals surface area contributed by atoms with E-state index in [0.717, 1.165) is 17.7 Å². The van der Waals surface area contributed by atoms with Crippen LogP contribution in [0.25, 0.3) is 0 Å². The smallest absolute Gasteiger partial charge is 0.251 e. The van der Waals surface area contributed by atoms with E-state index < -0.39 is 17.5 Å². The third kappa shape index (κ3) is 3.37. The molecule has 2 aromatic rings. The highest BCUT2D eigenvalue weighted by Crippen LogP contribution is 2.21. The number of hydrogen-bond acceptors (Lipinski definition) is 2. The molecule has 1 atom stereocenters. The molecule has 2 aromatic carbocycles. The minimum atomic E-state index is -0.796. The molecule has 0 saturated heterocycles. The Morgan fingerprint density at radius 3 is 2.19 bits per heavy atom. The van der Waals surface area contributed by atoms with Crippen LogP contribution in [0.15, 0.2) is 42.5 Å². The van der Waals surface area contributed by atoms with E-state index in [1.807, 2.05) is 37.3 Å². The van der Waals surface area contributed by atoms with E-state index in [2.05, 4.69) is 10.6 Å². The van der Waals surface area contributed by atoms with E-state index in [1.165, 1.54) is 7.05 Å². The van der Waals surface area contributed by atoms with E-state index in [-0.39, 0.29) is 17.3 Å². The van der Waals surface area contributed by atoms with Gasteiger partial charge in [-0.25, -0.2) is 8.78 Å². The molecule has 0 fully saturated rings. The first-order valence-corrected chi connectivity index (χ1v) is 6.55. The molecule has 0 saturated carbocycles. The van der Waals surface area contributed by atoms with Crippen LogP contribution in [-0.4, -0.2) is 13.0 Å². The SMILES string of the molecule is CNc1c(F)cc(C(=O)NC(C)c2ccccc2)cc1F. The number of nitrogens with one attached hydrogen (secondary N) is 2.